The summed E-state index contributed by atoms with van der Waals surface area (Å²) < 4.78 is 35.5. The molecule has 4 aliphatic rings. The number of allylic oxidation sites excluding steroid dienone is 2. The molecule has 0 aromatic heterocycles. The highest BCUT2D eigenvalue weighted by Crippen LogP contribution is 2.59. The molecule has 6 heteroatoms. The van der Waals surface area contributed by atoms with E-state index in [2.05, 4.69) is 13.0 Å². The van der Waals surface area contributed by atoms with Crippen LogP contribution in [0.1, 0.15) is 51.9 Å². The number of hydrogen-bond acceptors (Lipinski definition) is 4. The average molecular weight is 352 g/mol. The van der Waals surface area contributed by atoms with Gasteiger partial charge >= 0.3 is 10.4 Å². The van der Waals surface area contributed by atoms with Gasteiger partial charge in [-0.3, -0.25) is 9.35 Å². The first-order valence-corrected chi connectivity index (χ1v) is 10.2. The first-order chi connectivity index (χ1) is 11.3. The third-order valence-electron chi connectivity index (χ3n) is 6.87. The van der Waals surface area contributed by atoms with Gasteiger partial charge < -0.3 is 0 Å². The van der Waals surface area contributed by atoms with Crippen LogP contribution in [0.2, 0.25) is 0 Å². The zero-order chi connectivity index (χ0) is 17.1. The van der Waals surface area contributed by atoms with Crippen LogP contribution < -0.4 is 0 Å². The highest BCUT2D eigenvalue weighted by Gasteiger charge is 2.55. The van der Waals surface area contributed by atoms with Crippen LogP contribution in [0, 0.1) is 23.2 Å². The van der Waals surface area contributed by atoms with E-state index in [1.165, 1.54) is 11.1 Å². The molecule has 0 aromatic rings. The van der Waals surface area contributed by atoms with Crippen molar-refractivity contribution in [2.75, 3.05) is 0 Å². The van der Waals surface area contributed by atoms with Crippen LogP contribution in [0.4, 0.5) is 0 Å². The highest BCUT2D eigenvalue weighted by molar-refractivity contribution is 7.80. The van der Waals surface area contributed by atoms with Gasteiger partial charge in [0.1, 0.15) is 11.9 Å². The minimum absolute atomic E-state index is 0.117. The van der Waals surface area contributed by atoms with Crippen LogP contribution in [0.15, 0.2) is 23.3 Å². The van der Waals surface area contributed by atoms with Gasteiger partial charge in [0.05, 0.1) is 0 Å². The first-order valence-electron chi connectivity index (χ1n) is 8.88. The maximum Gasteiger partial charge on any atom is 0.397 e. The molecular weight excluding hydrogens is 328 g/mol. The van der Waals surface area contributed by atoms with E-state index in [9.17, 15) is 13.2 Å². The van der Waals surface area contributed by atoms with Crippen LogP contribution in [-0.4, -0.2) is 24.9 Å². The van der Waals surface area contributed by atoms with E-state index >= 15 is 0 Å². The molecule has 0 aliphatic heterocycles. The number of Topliss-reactive ketones (excluding diaryl/α,β-unsaturated/α-hetero) is 1. The molecule has 1 N–H and O–H groups in total. The summed E-state index contributed by atoms with van der Waals surface area (Å²) >= 11 is 0. The summed E-state index contributed by atoms with van der Waals surface area (Å²) in [5, 5.41) is 0. The summed E-state index contributed by atoms with van der Waals surface area (Å²) in [4.78, 5) is 12.3. The SMILES string of the molecule is C[C@]12CC[C@@H]3C4=CCC(OS(=O)(=O)O)C=C4CC[C@H]3[C@@H]1CCC2=O. The maximum absolute atomic E-state index is 12.3. The van der Waals surface area contributed by atoms with Crippen LogP contribution in [0.5, 0.6) is 0 Å². The molecule has 24 heavy (non-hydrogen) atoms. The molecule has 0 spiro atoms. The van der Waals surface area contributed by atoms with Crippen molar-refractivity contribution in [2.24, 2.45) is 23.2 Å². The lowest BCUT2D eigenvalue weighted by Crippen LogP contribution is -2.44. The minimum Gasteiger partial charge on any atom is -0.299 e. The Morgan fingerprint density at radius 1 is 1.25 bits per heavy atom. The molecule has 5 atom stereocenters. The van der Waals surface area contributed by atoms with Gasteiger partial charge in [-0.25, -0.2) is 4.18 Å². The van der Waals surface area contributed by atoms with Gasteiger partial charge in [-0.2, -0.15) is 8.42 Å². The maximum atomic E-state index is 12.3. The molecule has 0 heterocycles. The molecule has 4 aliphatic carbocycles. The monoisotopic (exact) mass is 352 g/mol. The largest absolute Gasteiger partial charge is 0.397 e. The second-order valence-corrected chi connectivity index (χ2v) is 9.03. The number of carbonyl (C=O) groups excluding carboxylic acids is 1. The van der Waals surface area contributed by atoms with E-state index in [1.807, 2.05) is 6.08 Å². The van der Waals surface area contributed by atoms with Gasteiger partial charge in [-0.15, -0.1) is 0 Å². The lowest BCUT2D eigenvalue weighted by molar-refractivity contribution is -0.129. The van der Waals surface area contributed by atoms with Crippen molar-refractivity contribution in [3.8, 4) is 0 Å². The van der Waals surface area contributed by atoms with Crippen molar-refractivity contribution in [3.63, 3.8) is 0 Å². The van der Waals surface area contributed by atoms with Crippen LogP contribution in [0.3, 0.4) is 0 Å². The summed E-state index contributed by atoms with van der Waals surface area (Å²) in [5.41, 5.74) is 2.39. The van der Waals surface area contributed by atoms with Crippen molar-refractivity contribution in [2.45, 2.75) is 58.0 Å². The first kappa shape index (κ1) is 16.5. The molecule has 0 amide bonds. The van der Waals surface area contributed by atoms with Crippen LogP contribution in [-0.2, 0) is 19.4 Å². The van der Waals surface area contributed by atoms with E-state index < -0.39 is 16.5 Å². The minimum atomic E-state index is -4.42. The van der Waals surface area contributed by atoms with Crippen LogP contribution in [0.25, 0.3) is 0 Å². The standard InChI is InChI=1S/C18H24O5S/c1-18-9-8-14-13-5-3-12(23-24(20,21)22)10-11(13)2-4-15(14)16(18)6-7-17(18)19/h5,10,12,14-16H,2-4,6-9H2,1H3,(H,20,21,22)/t12?,14-,15-,16+,18+/m1/s1. The third kappa shape index (κ3) is 2.59. The molecular formula is C18H24O5S. The summed E-state index contributed by atoms with van der Waals surface area (Å²) in [6.07, 6.45) is 9.56. The summed E-state index contributed by atoms with van der Waals surface area (Å²) in [5.74, 6) is 2.00. The Balaban J connectivity index is 1.57. The Kier molecular flexibility index (Phi) is 3.79. The van der Waals surface area contributed by atoms with Crippen molar-refractivity contribution in [1.82, 2.24) is 0 Å². The molecule has 0 bridgehead atoms. The molecule has 1 unspecified atom stereocenters. The quantitative estimate of drug-likeness (QED) is 0.772. The summed E-state index contributed by atoms with van der Waals surface area (Å²) in [6.45, 7) is 2.17. The third-order valence-corrected chi connectivity index (χ3v) is 7.36. The van der Waals surface area contributed by atoms with Gasteiger partial charge in [0.25, 0.3) is 0 Å². The second-order valence-electron chi connectivity index (χ2n) is 7.98. The van der Waals surface area contributed by atoms with Crippen LogP contribution >= 0.6 is 0 Å². The van der Waals surface area contributed by atoms with E-state index in [-0.39, 0.29) is 5.41 Å². The second kappa shape index (κ2) is 5.51. The number of carbonyl (C=O) groups is 1. The lowest BCUT2D eigenvalue weighted by Gasteiger charge is -2.49. The molecule has 4 rings (SSSR count). The van der Waals surface area contributed by atoms with E-state index in [4.69, 9.17) is 8.74 Å². The van der Waals surface area contributed by atoms with Crippen molar-refractivity contribution < 1.29 is 21.9 Å². The molecule has 3 fully saturated rings. The molecule has 0 saturated heterocycles. The molecule has 5 nitrogen and oxygen atoms in total. The molecule has 0 aromatic carbocycles. The van der Waals surface area contributed by atoms with Gasteiger partial charge in [0.2, 0.25) is 0 Å². The Morgan fingerprint density at radius 3 is 2.79 bits per heavy atom. The Bertz CT molecular complexity index is 735. The number of fused-ring (bicyclic) bond motifs is 5. The smallest absolute Gasteiger partial charge is 0.299 e. The fraction of sp³-hybridized carbons (Fsp3) is 0.722. The average Bonchev–Trinajstić information content (AvgIpc) is 2.81. The fourth-order valence-electron chi connectivity index (χ4n) is 5.77. The zero-order valence-corrected chi connectivity index (χ0v) is 14.7. The Labute approximate surface area is 143 Å². The molecule has 3 saturated carbocycles. The summed E-state index contributed by atoms with van der Waals surface area (Å²) in [6, 6.07) is 0. The normalized spacial score (nSPS) is 41.8. The fourth-order valence-corrected chi connectivity index (χ4v) is 6.22. The van der Waals surface area contributed by atoms with Crippen molar-refractivity contribution >= 4 is 16.2 Å². The Morgan fingerprint density at radius 2 is 2.04 bits per heavy atom. The van der Waals surface area contributed by atoms with E-state index in [1.54, 1.807) is 0 Å². The zero-order valence-electron chi connectivity index (χ0n) is 13.9. The molecule has 132 valence electrons. The van der Waals surface area contributed by atoms with Gasteiger partial charge in [-0.05, 0) is 67.4 Å². The van der Waals surface area contributed by atoms with Gasteiger partial charge in [0, 0.05) is 11.8 Å². The topological polar surface area (TPSA) is 80.7 Å². The van der Waals surface area contributed by atoms with Crippen molar-refractivity contribution in [3.05, 3.63) is 23.3 Å². The van der Waals surface area contributed by atoms with E-state index in [0.717, 1.165) is 38.5 Å². The van der Waals surface area contributed by atoms with Gasteiger partial charge in [0.15, 0.2) is 0 Å². The lowest BCUT2D eigenvalue weighted by atomic mass is 9.54. The Hall–Kier alpha value is -0.980. The predicted molar refractivity (Wildman–Crippen MR) is 88.5 cm³/mol. The number of rotatable bonds is 2. The van der Waals surface area contributed by atoms with E-state index in [0.29, 0.717) is 30.0 Å². The number of hydrogen-bond donors (Lipinski definition) is 1. The molecule has 0 radical (unpaired) electrons. The number of ketones is 1. The summed E-state index contributed by atoms with van der Waals surface area (Å²) in [7, 11) is -4.42. The highest BCUT2D eigenvalue weighted by atomic mass is 32.3. The van der Waals surface area contributed by atoms with Gasteiger partial charge in [-0.1, -0.05) is 19.1 Å². The predicted octanol–water partition coefficient (Wildman–Crippen LogP) is 3.24. The van der Waals surface area contributed by atoms with Crippen molar-refractivity contribution in [1.29, 1.82) is 0 Å².